The zero-order chi connectivity index (χ0) is 27.0. The number of nitrogens with zero attached hydrogens (tertiary/aromatic N) is 6. The summed E-state index contributed by atoms with van der Waals surface area (Å²) >= 11 is 0. The second kappa shape index (κ2) is 9.35. The molecule has 180 valence electrons. The Morgan fingerprint density at radius 3 is 2.89 bits per heavy atom. The third kappa shape index (κ3) is 4.19. The second-order valence-electron chi connectivity index (χ2n) is 8.66. The van der Waals surface area contributed by atoms with Crippen LogP contribution in [0.25, 0.3) is 22.1 Å². The number of piperidine rings is 1. The first-order valence-electron chi connectivity index (χ1n) is 13.0. The summed E-state index contributed by atoms with van der Waals surface area (Å²) in [6.07, 6.45) is 1.88. The molecule has 0 amide bonds. The standard InChI is InChI=1S/C25H28N8O2/c1-4-5-13-32-21-22(30-24(32)28-17-9-8-12-26-14-17)31(3)25(35)33(23(21)34)15-20-27-16(2)18-10-6-7-11-19(18)29-20/h6-7,10-11,17,26H,8-9,12-15H2,1-3H3,(H,28,30)/t17-/m0/s1/i1D3. The van der Waals surface area contributed by atoms with Gasteiger partial charge in [0.05, 0.1) is 18.6 Å². The van der Waals surface area contributed by atoms with Gasteiger partial charge in [0.2, 0.25) is 5.95 Å². The molecule has 0 radical (unpaired) electrons. The zero-order valence-corrected chi connectivity index (χ0v) is 19.6. The third-order valence-electron chi connectivity index (χ3n) is 6.33. The summed E-state index contributed by atoms with van der Waals surface area (Å²) in [6, 6.07) is 7.60. The maximum absolute atomic E-state index is 13.8. The van der Waals surface area contributed by atoms with Crippen LogP contribution in [0.3, 0.4) is 0 Å². The fourth-order valence-electron chi connectivity index (χ4n) is 4.56. The number of imidazole rings is 1. The molecule has 1 aliphatic rings. The Kier molecular flexibility index (Phi) is 5.17. The summed E-state index contributed by atoms with van der Waals surface area (Å²) < 4.78 is 26.2. The average Bonchev–Trinajstić information content (AvgIpc) is 3.23. The van der Waals surface area contributed by atoms with Crippen LogP contribution in [0.2, 0.25) is 0 Å². The number of hydrogen-bond donors (Lipinski definition) is 2. The molecule has 4 heterocycles. The van der Waals surface area contributed by atoms with Crippen LogP contribution in [0.15, 0.2) is 33.9 Å². The van der Waals surface area contributed by atoms with Gasteiger partial charge < -0.3 is 10.6 Å². The van der Waals surface area contributed by atoms with Gasteiger partial charge in [-0.3, -0.25) is 18.5 Å². The van der Waals surface area contributed by atoms with Gasteiger partial charge in [0, 0.05) is 34.8 Å². The zero-order valence-electron chi connectivity index (χ0n) is 22.6. The molecule has 10 heteroatoms. The Morgan fingerprint density at radius 1 is 1.23 bits per heavy atom. The molecule has 0 bridgehead atoms. The average molecular weight is 476 g/mol. The van der Waals surface area contributed by atoms with Crippen LogP contribution in [0.1, 0.15) is 35.3 Å². The molecule has 10 nitrogen and oxygen atoms in total. The van der Waals surface area contributed by atoms with Crippen LogP contribution in [-0.4, -0.2) is 47.8 Å². The molecule has 1 atom stereocenters. The van der Waals surface area contributed by atoms with Gasteiger partial charge in [0.1, 0.15) is 5.82 Å². The molecule has 0 saturated carbocycles. The highest BCUT2D eigenvalue weighted by atomic mass is 16.2. The topological polar surface area (TPSA) is 112 Å². The Hall–Kier alpha value is -3.97. The van der Waals surface area contributed by atoms with Gasteiger partial charge in [-0.2, -0.15) is 4.98 Å². The van der Waals surface area contributed by atoms with E-state index in [1.807, 2.05) is 31.2 Å². The molecular formula is C25H28N8O2. The molecule has 1 aliphatic heterocycles. The Morgan fingerprint density at radius 2 is 2.09 bits per heavy atom. The number of fused-ring (bicyclic) bond motifs is 2. The van der Waals surface area contributed by atoms with Crippen molar-refractivity contribution in [2.45, 2.75) is 45.7 Å². The van der Waals surface area contributed by atoms with E-state index in [4.69, 9.17) is 4.11 Å². The van der Waals surface area contributed by atoms with E-state index >= 15 is 0 Å². The highest BCUT2D eigenvalue weighted by Gasteiger charge is 2.23. The van der Waals surface area contributed by atoms with Crippen molar-refractivity contribution in [3.63, 3.8) is 0 Å². The minimum atomic E-state index is -2.43. The summed E-state index contributed by atoms with van der Waals surface area (Å²) in [7, 11) is 1.55. The molecule has 35 heavy (non-hydrogen) atoms. The molecule has 3 aromatic heterocycles. The van der Waals surface area contributed by atoms with Gasteiger partial charge in [-0.15, -0.1) is 5.92 Å². The summed E-state index contributed by atoms with van der Waals surface area (Å²) in [6.45, 7) is 0.842. The Labute approximate surface area is 206 Å². The van der Waals surface area contributed by atoms with Crippen molar-refractivity contribution in [2.24, 2.45) is 7.05 Å². The monoisotopic (exact) mass is 475 g/mol. The molecule has 0 aliphatic carbocycles. The van der Waals surface area contributed by atoms with Crippen LogP contribution in [-0.2, 0) is 20.1 Å². The lowest BCUT2D eigenvalue weighted by molar-refractivity contribution is 0.477. The van der Waals surface area contributed by atoms with Gasteiger partial charge in [-0.1, -0.05) is 24.1 Å². The number of para-hydroxylation sites is 1. The predicted molar refractivity (Wildman–Crippen MR) is 136 cm³/mol. The molecule has 2 N–H and O–H groups in total. The van der Waals surface area contributed by atoms with Crippen LogP contribution in [0.4, 0.5) is 5.95 Å². The Balaban J connectivity index is 1.64. The smallest absolute Gasteiger partial charge is 0.332 e. The van der Waals surface area contributed by atoms with Crippen molar-refractivity contribution in [3.8, 4) is 11.8 Å². The predicted octanol–water partition coefficient (Wildman–Crippen LogP) is 1.38. The highest BCUT2D eigenvalue weighted by molar-refractivity contribution is 5.80. The van der Waals surface area contributed by atoms with Crippen molar-refractivity contribution in [2.75, 3.05) is 18.4 Å². The third-order valence-corrected chi connectivity index (χ3v) is 6.33. The number of benzene rings is 1. The molecule has 4 aromatic rings. The molecular weight excluding hydrogens is 444 g/mol. The van der Waals surface area contributed by atoms with E-state index in [2.05, 4.69) is 37.4 Å². The van der Waals surface area contributed by atoms with Crippen molar-refractivity contribution < 1.29 is 4.11 Å². The molecule has 5 rings (SSSR count). The number of hydrogen-bond acceptors (Lipinski definition) is 7. The first-order chi connectivity index (χ1) is 18.1. The van der Waals surface area contributed by atoms with E-state index in [9.17, 15) is 9.59 Å². The van der Waals surface area contributed by atoms with E-state index in [0.29, 0.717) is 18.3 Å². The van der Waals surface area contributed by atoms with E-state index in [0.717, 1.165) is 40.6 Å². The van der Waals surface area contributed by atoms with Gasteiger partial charge >= 0.3 is 5.69 Å². The molecule has 1 fully saturated rings. The van der Waals surface area contributed by atoms with Crippen LogP contribution >= 0.6 is 0 Å². The van der Waals surface area contributed by atoms with Crippen LogP contribution in [0, 0.1) is 18.8 Å². The van der Waals surface area contributed by atoms with Gasteiger partial charge in [0.25, 0.3) is 5.56 Å². The number of aryl methyl sites for hydroxylation is 2. The minimum absolute atomic E-state index is 0.0584. The van der Waals surface area contributed by atoms with Gasteiger partial charge in [0.15, 0.2) is 11.2 Å². The first kappa shape index (κ1) is 19.3. The number of rotatable bonds is 5. The lowest BCUT2D eigenvalue weighted by Gasteiger charge is -2.24. The van der Waals surface area contributed by atoms with Crippen LogP contribution in [0.5, 0.6) is 0 Å². The Bertz CT molecular complexity index is 1700. The van der Waals surface area contributed by atoms with E-state index in [-0.39, 0.29) is 30.3 Å². The lowest BCUT2D eigenvalue weighted by Crippen LogP contribution is -2.40. The number of anilines is 1. The number of nitrogens with one attached hydrogen (secondary N) is 2. The van der Waals surface area contributed by atoms with Crippen molar-refractivity contribution in [1.82, 2.24) is 34.0 Å². The van der Waals surface area contributed by atoms with Crippen molar-refractivity contribution in [1.29, 1.82) is 0 Å². The van der Waals surface area contributed by atoms with Gasteiger partial charge in [-0.25, -0.2) is 14.8 Å². The normalized spacial score (nSPS) is 17.4. The maximum Gasteiger partial charge on any atom is 0.332 e. The first-order valence-corrected chi connectivity index (χ1v) is 11.5. The largest absolute Gasteiger partial charge is 0.352 e. The van der Waals surface area contributed by atoms with Crippen molar-refractivity contribution in [3.05, 3.63) is 56.6 Å². The lowest BCUT2D eigenvalue weighted by atomic mass is 10.1. The summed E-state index contributed by atoms with van der Waals surface area (Å²) in [5, 5.41) is 7.56. The van der Waals surface area contributed by atoms with E-state index < -0.39 is 18.1 Å². The quantitative estimate of drug-likeness (QED) is 0.420. The fraction of sp³-hybridized carbons (Fsp3) is 0.400. The molecule has 1 saturated heterocycles. The van der Waals surface area contributed by atoms with E-state index in [1.165, 1.54) is 4.57 Å². The van der Waals surface area contributed by atoms with Crippen molar-refractivity contribution >= 4 is 28.0 Å². The molecule has 1 aromatic carbocycles. The molecule has 0 unspecified atom stereocenters. The molecule has 0 spiro atoms. The van der Waals surface area contributed by atoms with Crippen LogP contribution < -0.4 is 21.9 Å². The summed E-state index contributed by atoms with van der Waals surface area (Å²) in [4.78, 5) is 40.7. The SMILES string of the molecule is [2H]C([2H])([2H])C#CCn1c(N[C@H]2CCCNC2)nc2c1c(=O)n(Cc1nc(C)c3ccccc3n1)c(=O)n2C. The second-order valence-corrected chi connectivity index (χ2v) is 8.66. The number of aromatic nitrogens is 6. The van der Waals surface area contributed by atoms with E-state index in [1.54, 1.807) is 11.6 Å². The maximum atomic E-state index is 13.8. The minimum Gasteiger partial charge on any atom is -0.352 e. The summed E-state index contributed by atoms with van der Waals surface area (Å²) in [5.41, 5.74) is 0.675. The fourth-order valence-corrected chi connectivity index (χ4v) is 4.56. The van der Waals surface area contributed by atoms with Gasteiger partial charge in [-0.05, 0) is 39.2 Å². The highest BCUT2D eigenvalue weighted by Crippen LogP contribution is 2.19. The summed E-state index contributed by atoms with van der Waals surface area (Å²) in [5.74, 6) is 5.58.